The maximum Gasteiger partial charge on any atom is 0.219 e. The Kier molecular flexibility index (Phi) is 4.57. The number of terminal acetylenes is 1. The molecule has 0 aliphatic heterocycles. The summed E-state index contributed by atoms with van der Waals surface area (Å²) >= 11 is 0. The smallest absolute Gasteiger partial charge is 0.219 e. The van der Waals surface area contributed by atoms with Gasteiger partial charge in [-0.15, -0.1) is 6.42 Å². The van der Waals surface area contributed by atoms with E-state index in [9.17, 15) is 5.11 Å². The van der Waals surface area contributed by atoms with Crippen LogP contribution in [0.25, 0.3) is 17.1 Å². The van der Waals surface area contributed by atoms with Crippen LogP contribution in [0.15, 0.2) is 41.4 Å². The Morgan fingerprint density at radius 1 is 1.43 bits per heavy atom. The minimum Gasteiger partial charge on any atom is -0.493 e. The zero-order valence-corrected chi connectivity index (χ0v) is 12.1. The first-order valence-corrected chi connectivity index (χ1v) is 6.74. The molecule has 0 spiro atoms. The molecule has 21 heavy (non-hydrogen) atoms. The standard InChI is InChI=1S/C17H17N3O/c1-4-12-18-15(6-3)20-17(21)14(5-2)16(19-20)13-10-8-7-9-11-13/h1,6-12,21H,5H2,2-3H3/b15-6+,18-12-. The average Bonchev–Trinajstić information content (AvgIpc) is 2.86. The van der Waals surface area contributed by atoms with E-state index in [-0.39, 0.29) is 5.88 Å². The molecule has 1 heterocycles. The van der Waals surface area contributed by atoms with Gasteiger partial charge in [0.15, 0.2) is 5.82 Å². The van der Waals surface area contributed by atoms with Crippen molar-refractivity contribution < 1.29 is 5.11 Å². The van der Waals surface area contributed by atoms with Crippen LogP contribution in [0.1, 0.15) is 19.4 Å². The highest BCUT2D eigenvalue weighted by Crippen LogP contribution is 2.32. The van der Waals surface area contributed by atoms with E-state index < -0.39 is 0 Å². The van der Waals surface area contributed by atoms with Crippen LogP contribution in [0.5, 0.6) is 5.88 Å². The molecule has 0 unspecified atom stereocenters. The van der Waals surface area contributed by atoms with Gasteiger partial charge in [0.1, 0.15) is 0 Å². The van der Waals surface area contributed by atoms with Gasteiger partial charge in [0.2, 0.25) is 5.88 Å². The summed E-state index contributed by atoms with van der Waals surface area (Å²) in [6, 6.07) is 9.76. The molecule has 0 bridgehead atoms. The van der Waals surface area contributed by atoms with Crippen LogP contribution >= 0.6 is 0 Å². The predicted octanol–water partition coefficient (Wildman–Crippen LogP) is 3.34. The SMILES string of the molecule is C#C/C=N\C(=C/C)n1nc(-c2ccccc2)c(CC)c1O. The Bertz CT molecular complexity index is 718. The molecule has 0 fully saturated rings. The molecule has 106 valence electrons. The fraction of sp³-hybridized carbons (Fsp3) is 0.176. The summed E-state index contributed by atoms with van der Waals surface area (Å²) in [6.45, 7) is 3.80. The number of hydrogen-bond acceptors (Lipinski definition) is 3. The van der Waals surface area contributed by atoms with Crippen molar-refractivity contribution in [3.05, 3.63) is 42.0 Å². The van der Waals surface area contributed by atoms with Crippen LogP contribution in [0.3, 0.4) is 0 Å². The number of aromatic hydroxyl groups is 1. The molecule has 1 N–H and O–H groups in total. The largest absolute Gasteiger partial charge is 0.493 e. The van der Waals surface area contributed by atoms with E-state index in [4.69, 9.17) is 6.42 Å². The maximum atomic E-state index is 10.4. The van der Waals surface area contributed by atoms with Crippen LogP contribution in [0.2, 0.25) is 0 Å². The molecule has 1 aromatic heterocycles. The Morgan fingerprint density at radius 2 is 2.14 bits per heavy atom. The predicted molar refractivity (Wildman–Crippen MR) is 86.0 cm³/mol. The molecule has 0 aliphatic rings. The molecule has 0 amide bonds. The number of rotatable bonds is 4. The number of hydrogen-bond donors (Lipinski definition) is 1. The highest BCUT2D eigenvalue weighted by atomic mass is 16.3. The van der Waals surface area contributed by atoms with Crippen molar-refractivity contribution in [2.75, 3.05) is 0 Å². The molecular formula is C17H17N3O. The molecule has 0 radical (unpaired) electrons. The number of allylic oxidation sites excluding steroid dienone is 1. The Labute approximate surface area is 124 Å². The second-order valence-corrected chi connectivity index (χ2v) is 4.35. The van der Waals surface area contributed by atoms with Crippen LogP contribution in [-0.2, 0) is 6.42 Å². The first-order valence-electron chi connectivity index (χ1n) is 6.74. The van der Waals surface area contributed by atoms with Crippen molar-refractivity contribution in [3.8, 4) is 29.5 Å². The molecule has 0 saturated heterocycles. The number of nitrogens with zero attached hydrogens (tertiary/aromatic N) is 3. The third-order valence-corrected chi connectivity index (χ3v) is 3.10. The second kappa shape index (κ2) is 6.58. The average molecular weight is 279 g/mol. The quantitative estimate of drug-likeness (QED) is 0.689. The summed E-state index contributed by atoms with van der Waals surface area (Å²) in [5.74, 6) is 2.92. The Hall–Kier alpha value is -2.80. The monoisotopic (exact) mass is 279 g/mol. The van der Waals surface area contributed by atoms with Crippen molar-refractivity contribution in [3.63, 3.8) is 0 Å². The first kappa shape index (κ1) is 14.6. The molecule has 2 aromatic rings. The summed E-state index contributed by atoms with van der Waals surface area (Å²) in [5, 5.41) is 14.9. The summed E-state index contributed by atoms with van der Waals surface area (Å²) in [6.07, 6.45) is 8.94. The van der Waals surface area contributed by atoms with Gasteiger partial charge in [-0.05, 0) is 19.4 Å². The lowest BCUT2D eigenvalue weighted by atomic mass is 10.1. The minimum absolute atomic E-state index is 0.0959. The van der Waals surface area contributed by atoms with E-state index in [0.717, 1.165) is 16.8 Å². The zero-order valence-electron chi connectivity index (χ0n) is 12.1. The molecule has 0 atom stereocenters. The van der Waals surface area contributed by atoms with E-state index in [1.807, 2.05) is 44.2 Å². The van der Waals surface area contributed by atoms with E-state index >= 15 is 0 Å². The third kappa shape index (κ3) is 2.87. The summed E-state index contributed by atoms with van der Waals surface area (Å²) < 4.78 is 1.41. The van der Waals surface area contributed by atoms with Crippen molar-refractivity contribution in [2.24, 2.45) is 4.99 Å². The van der Waals surface area contributed by atoms with Gasteiger partial charge in [0.05, 0.1) is 11.9 Å². The lowest BCUT2D eigenvalue weighted by molar-refractivity contribution is 0.430. The van der Waals surface area contributed by atoms with Crippen LogP contribution in [0.4, 0.5) is 0 Å². The number of benzene rings is 1. The molecule has 2 rings (SSSR count). The topological polar surface area (TPSA) is 50.4 Å². The van der Waals surface area contributed by atoms with Gasteiger partial charge in [0.25, 0.3) is 0 Å². The summed E-state index contributed by atoms with van der Waals surface area (Å²) in [5.41, 5.74) is 2.50. The van der Waals surface area contributed by atoms with Crippen molar-refractivity contribution >= 4 is 12.0 Å². The van der Waals surface area contributed by atoms with Gasteiger partial charge in [-0.3, -0.25) is 0 Å². The summed E-state index contributed by atoms with van der Waals surface area (Å²) in [4.78, 5) is 4.11. The van der Waals surface area contributed by atoms with Gasteiger partial charge in [-0.25, -0.2) is 4.99 Å². The highest BCUT2D eigenvalue weighted by molar-refractivity contribution is 5.81. The van der Waals surface area contributed by atoms with E-state index in [1.54, 1.807) is 6.08 Å². The molecule has 4 heteroatoms. The van der Waals surface area contributed by atoms with Crippen LogP contribution in [-0.4, -0.2) is 21.1 Å². The molecule has 0 saturated carbocycles. The maximum absolute atomic E-state index is 10.4. The van der Waals surface area contributed by atoms with E-state index in [1.165, 1.54) is 10.9 Å². The Morgan fingerprint density at radius 3 is 2.71 bits per heavy atom. The fourth-order valence-corrected chi connectivity index (χ4v) is 2.11. The lowest BCUT2D eigenvalue weighted by Gasteiger charge is -2.02. The molecule has 0 aliphatic carbocycles. The normalized spacial score (nSPS) is 11.8. The van der Waals surface area contributed by atoms with Crippen molar-refractivity contribution in [1.82, 2.24) is 9.78 Å². The highest BCUT2D eigenvalue weighted by Gasteiger charge is 2.18. The van der Waals surface area contributed by atoms with Crippen LogP contribution < -0.4 is 0 Å². The molecular weight excluding hydrogens is 262 g/mol. The minimum atomic E-state index is 0.0959. The Balaban J connectivity index is 2.59. The van der Waals surface area contributed by atoms with Crippen LogP contribution in [0, 0.1) is 12.3 Å². The molecule has 1 aromatic carbocycles. The number of aliphatic imine (C=N–C) groups is 1. The van der Waals surface area contributed by atoms with Crippen molar-refractivity contribution in [2.45, 2.75) is 20.3 Å². The van der Waals surface area contributed by atoms with Crippen molar-refractivity contribution in [1.29, 1.82) is 0 Å². The lowest BCUT2D eigenvalue weighted by Crippen LogP contribution is -1.97. The fourth-order valence-electron chi connectivity index (χ4n) is 2.11. The zero-order chi connectivity index (χ0) is 15.2. The second-order valence-electron chi connectivity index (χ2n) is 4.35. The summed E-state index contributed by atoms with van der Waals surface area (Å²) in [7, 11) is 0. The van der Waals surface area contributed by atoms with Gasteiger partial charge < -0.3 is 5.11 Å². The third-order valence-electron chi connectivity index (χ3n) is 3.10. The van der Waals surface area contributed by atoms with E-state index in [2.05, 4.69) is 16.0 Å². The van der Waals surface area contributed by atoms with E-state index in [0.29, 0.717) is 12.2 Å². The van der Waals surface area contributed by atoms with Gasteiger partial charge in [-0.1, -0.05) is 43.2 Å². The van der Waals surface area contributed by atoms with Gasteiger partial charge in [-0.2, -0.15) is 9.78 Å². The number of aromatic nitrogens is 2. The van der Waals surface area contributed by atoms with Gasteiger partial charge >= 0.3 is 0 Å². The molecule has 4 nitrogen and oxygen atoms in total. The van der Waals surface area contributed by atoms with Gasteiger partial charge in [0, 0.05) is 11.1 Å². The first-order chi connectivity index (χ1) is 10.2.